The average molecular weight is 595 g/mol. The van der Waals surface area contributed by atoms with E-state index >= 15 is 0 Å². The third kappa shape index (κ3) is 16.9. The van der Waals surface area contributed by atoms with Crippen molar-refractivity contribution < 1.29 is 0 Å². The van der Waals surface area contributed by atoms with E-state index < -0.39 is 0 Å². The number of rotatable bonds is 22. The van der Waals surface area contributed by atoms with Crippen LogP contribution in [0.15, 0.2) is 0 Å². The quantitative estimate of drug-likeness (QED) is 0.117. The molecule has 0 bridgehead atoms. The molecule has 0 saturated carbocycles. The first-order valence-electron chi connectivity index (χ1n) is 20.0. The number of hydrogen-bond acceptors (Lipinski definition) is 0. The van der Waals surface area contributed by atoms with Crippen LogP contribution in [0.2, 0.25) is 0 Å². The Morgan fingerprint density at radius 2 is 0.429 bits per heavy atom. The van der Waals surface area contributed by atoms with Crippen molar-refractivity contribution in [1.82, 2.24) is 0 Å². The van der Waals surface area contributed by atoms with Crippen LogP contribution >= 0.6 is 0 Å². The zero-order chi connectivity index (χ0) is 33.3. The molecule has 0 aliphatic heterocycles. The molecule has 0 aliphatic carbocycles. The SMILES string of the molecule is CCC(C)CC.CCC(CC)C(C(CC)CC)C(C)C(C(CC)CC)C(CC)CC.CCC(CC)C(C)C(CC)CC. The minimum Gasteiger partial charge on any atom is -0.0651 e. The van der Waals surface area contributed by atoms with E-state index in [9.17, 15) is 0 Å². The molecule has 0 unspecified atom stereocenters. The lowest BCUT2D eigenvalue weighted by Gasteiger charge is -2.45. The summed E-state index contributed by atoms with van der Waals surface area (Å²) in [7, 11) is 0. The molecule has 0 amide bonds. The predicted molar refractivity (Wildman–Crippen MR) is 199 cm³/mol. The molecule has 0 rings (SSSR count). The highest BCUT2D eigenvalue weighted by atomic mass is 14.4. The van der Waals surface area contributed by atoms with Gasteiger partial charge in [0, 0.05) is 0 Å². The summed E-state index contributed by atoms with van der Waals surface area (Å²) in [4.78, 5) is 0. The highest BCUT2D eigenvalue weighted by Gasteiger charge is 2.39. The topological polar surface area (TPSA) is 0 Å². The van der Waals surface area contributed by atoms with Crippen LogP contribution in [0.25, 0.3) is 0 Å². The van der Waals surface area contributed by atoms with Crippen LogP contribution in [-0.2, 0) is 0 Å². The van der Waals surface area contributed by atoms with Gasteiger partial charge in [0.15, 0.2) is 0 Å². The van der Waals surface area contributed by atoms with Crippen molar-refractivity contribution in [2.45, 2.75) is 208 Å². The van der Waals surface area contributed by atoms with Gasteiger partial charge < -0.3 is 0 Å². The Hall–Kier alpha value is 0. The van der Waals surface area contributed by atoms with Gasteiger partial charge in [0.1, 0.15) is 0 Å². The molecule has 0 heterocycles. The molecule has 0 fully saturated rings. The van der Waals surface area contributed by atoms with E-state index in [4.69, 9.17) is 0 Å². The summed E-state index contributed by atoms with van der Waals surface area (Å²) in [6, 6.07) is 0. The van der Waals surface area contributed by atoms with Crippen LogP contribution in [-0.4, -0.2) is 0 Å². The Balaban J connectivity index is -0.000000695. The van der Waals surface area contributed by atoms with Gasteiger partial charge in [-0.15, -0.1) is 0 Å². The van der Waals surface area contributed by atoms with Gasteiger partial charge >= 0.3 is 0 Å². The molecule has 0 N–H and O–H groups in total. The van der Waals surface area contributed by atoms with Crippen molar-refractivity contribution in [3.8, 4) is 0 Å². The van der Waals surface area contributed by atoms with Crippen molar-refractivity contribution in [2.24, 2.45) is 65.1 Å². The maximum absolute atomic E-state index is 2.64. The third-order valence-corrected chi connectivity index (χ3v) is 12.6. The summed E-state index contributed by atoms with van der Waals surface area (Å²) in [5.41, 5.74) is 0. The van der Waals surface area contributed by atoms with Gasteiger partial charge in [-0.1, -0.05) is 208 Å². The molecule has 0 heteroatoms. The Bertz CT molecular complexity index is 430. The van der Waals surface area contributed by atoms with Gasteiger partial charge in [0.2, 0.25) is 0 Å². The lowest BCUT2D eigenvalue weighted by molar-refractivity contribution is 0.0346. The molecular formula is C42H90. The van der Waals surface area contributed by atoms with Crippen molar-refractivity contribution >= 4 is 0 Å². The molecular weight excluding hydrogens is 504 g/mol. The zero-order valence-electron chi connectivity index (χ0n) is 33.3. The second-order valence-corrected chi connectivity index (χ2v) is 14.3. The van der Waals surface area contributed by atoms with Crippen LogP contribution in [0.5, 0.6) is 0 Å². The maximum atomic E-state index is 2.64. The monoisotopic (exact) mass is 595 g/mol. The van der Waals surface area contributed by atoms with E-state index in [1.54, 1.807) is 0 Å². The lowest BCUT2D eigenvalue weighted by atomic mass is 9.60. The summed E-state index contributed by atoms with van der Waals surface area (Å²) >= 11 is 0. The first-order valence-corrected chi connectivity index (χ1v) is 20.0. The molecule has 0 spiro atoms. The summed E-state index contributed by atoms with van der Waals surface area (Å²) < 4.78 is 0. The van der Waals surface area contributed by atoms with E-state index in [0.29, 0.717) is 0 Å². The second kappa shape index (κ2) is 29.7. The van der Waals surface area contributed by atoms with Crippen LogP contribution < -0.4 is 0 Å². The maximum Gasteiger partial charge on any atom is -0.0329 e. The molecule has 0 aromatic rings. The minimum absolute atomic E-state index is 0.870. The molecule has 0 aromatic heterocycles. The van der Waals surface area contributed by atoms with Crippen LogP contribution in [0.3, 0.4) is 0 Å². The van der Waals surface area contributed by atoms with Gasteiger partial charge in [-0.25, -0.2) is 0 Å². The van der Waals surface area contributed by atoms with Crippen LogP contribution in [0.4, 0.5) is 0 Å². The van der Waals surface area contributed by atoms with E-state index in [0.717, 1.165) is 65.1 Å². The van der Waals surface area contributed by atoms with E-state index in [-0.39, 0.29) is 0 Å². The standard InChI is InChI=1S/C24H50.C12H26.C6H14/c1-10-19(11-2)23(20(12-3)13-4)18(9)24(21(14-5)15-6)22(16-7)17-8;1-6-11(7-2)10(5)12(8-3)9-4;1-4-6(3)5-2/h18-24H,10-17H2,1-9H3;10-12H,6-9H2,1-5H3;6H,4-5H2,1-3H3. The van der Waals surface area contributed by atoms with Crippen molar-refractivity contribution in [3.05, 3.63) is 0 Å². The fraction of sp³-hybridized carbons (Fsp3) is 1.00. The Morgan fingerprint density at radius 3 is 0.548 bits per heavy atom. The molecule has 0 aliphatic rings. The van der Waals surface area contributed by atoms with Gasteiger partial charge in [-0.3, -0.25) is 0 Å². The van der Waals surface area contributed by atoms with E-state index in [2.05, 4.69) is 118 Å². The first kappa shape index (κ1) is 46.4. The molecule has 0 aromatic carbocycles. The third-order valence-electron chi connectivity index (χ3n) is 12.6. The first-order chi connectivity index (χ1) is 20.0. The molecule has 42 heavy (non-hydrogen) atoms. The summed E-state index contributed by atoms with van der Waals surface area (Å²) in [6.45, 7) is 40.6. The lowest BCUT2D eigenvalue weighted by Crippen LogP contribution is -2.38. The Labute approximate surface area is 272 Å². The van der Waals surface area contributed by atoms with E-state index in [1.165, 1.54) is 89.9 Å². The molecule has 0 radical (unpaired) electrons. The fourth-order valence-electron chi connectivity index (χ4n) is 8.81. The Kier molecular flexibility index (Phi) is 32.8. The van der Waals surface area contributed by atoms with Gasteiger partial charge in [0.25, 0.3) is 0 Å². The van der Waals surface area contributed by atoms with Gasteiger partial charge in [-0.2, -0.15) is 0 Å². The normalized spacial score (nSPS) is 12.3. The van der Waals surface area contributed by atoms with E-state index in [1.807, 2.05) is 0 Å². The van der Waals surface area contributed by atoms with Crippen molar-refractivity contribution in [3.63, 3.8) is 0 Å². The van der Waals surface area contributed by atoms with Crippen LogP contribution in [0.1, 0.15) is 208 Å². The van der Waals surface area contributed by atoms with Gasteiger partial charge in [-0.05, 0) is 65.1 Å². The molecule has 0 saturated heterocycles. The van der Waals surface area contributed by atoms with Crippen molar-refractivity contribution in [1.29, 1.82) is 0 Å². The zero-order valence-corrected chi connectivity index (χ0v) is 33.3. The summed E-state index contributed by atoms with van der Waals surface area (Å²) in [5, 5.41) is 0. The summed E-state index contributed by atoms with van der Waals surface area (Å²) in [6.07, 6.45) is 19.0. The fourth-order valence-corrected chi connectivity index (χ4v) is 8.81. The predicted octanol–water partition coefficient (Wildman–Crippen LogP) is 15.5. The second-order valence-electron chi connectivity index (χ2n) is 14.3. The highest BCUT2D eigenvalue weighted by molar-refractivity contribution is 4.88. The molecule has 258 valence electrons. The molecule has 0 nitrogen and oxygen atoms in total. The highest BCUT2D eigenvalue weighted by Crippen LogP contribution is 2.46. The van der Waals surface area contributed by atoms with Crippen molar-refractivity contribution in [2.75, 3.05) is 0 Å². The summed E-state index contributed by atoms with van der Waals surface area (Å²) in [5.74, 6) is 10.1. The average Bonchev–Trinajstić information content (AvgIpc) is 3.02. The Morgan fingerprint density at radius 1 is 0.238 bits per heavy atom. The van der Waals surface area contributed by atoms with Gasteiger partial charge in [0.05, 0.1) is 0 Å². The smallest absolute Gasteiger partial charge is 0.0329 e. The molecule has 0 atom stereocenters. The van der Waals surface area contributed by atoms with Crippen LogP contribution in [0, 0.1) is 65.1 Å². The largest absolute Gasteiger partial charge is 0.0651 e. The minimum atomic E-state index is 0.870. The number of hydrogen-bond donors (Lipinski definition) is 0.